The molecule has 0 aliphatic rings. The molecule has 1 unspecified atom stereocenters. The number of allylic oxidation sites excluding steroid dienone is 2. The van der Waals surface area contributed by atoms with Crippen LogP contribution in [0.15, 0.2) is 12.2 Å². The fourth-order valence-corrected chi connectivity index (χ4v) is 0.558. The van der Waals surface area contributed by atoms with E-state index >= 15 is 0 Å². The Labute approximate surface area is 54.6 Å². The predicted octanol–water partition coefficient (Wildman–Crippen LogP) is 2.46. The molecule has 0 nitrogen and oxygen atoms in total. The molecular weight excluding hydrogens is 115 g/mol. The van der Waals surface area contributed by atoms with Crippen LogP contribution in [0.3, 0.4) is 0 Å². The third-order valence-corrected chi connectivity index (χ3v) is 1.03. The Morgan fingerprint density at radius 1 is 1.38 bits per heavy atom. The van der Waals surface area contributed by atoms with Gasteiger partial charge in [0, 0.05) is 0 Å². The third-order valence-electron chi connectivity index (χ3n) is 0.754. The zero-order chi connectivity index (χ0) is 6.62. The minimum absolute atomic E-state index is 0.358. The van der Waals surface area contributed by atoms with Crippen LogP contribution in [0.1, 0.15) is 20.8 Å². The van der Waals surface area contributed by atoms with Crippen molar-refractivity contribution in [2.75, 3.05) is 6.16 Å². The van der Waals surface area contributed by atoms with E-state index in [2.05, 4.69) is 42.2 Å². The SMILES string of the molecule is CC(C)(C)C=CCP. The Bertz CT molecular complexity index is 76.9. The van der Waals surface area contributed by atoms with Gasteiger partial charge >= 0.3 is 0 Å². The topological polar surface area (TPSA) is 0 Å². The van der Waals surface area contributed by atoms with Gasteiger partial charge in [-0.1, -0.05) is 32.9 Å². The van der Waals surface area contributed by atoms with E-state index in [1.807, 2.05) is 0 Å². The summed E-state index contributed by atoms with van der Waals surface area (Å²) in [5, 5.41) is 0. The standard InChI is InChI=1S/C7H15P/c1-7(2,3)5-4-6-8/h4-5H,6,8H2,1-3H3. The van der Waals surface area contributed by atoms with Crippen LogP contribution in [0.5, 0.6) is 0 Å². The monoisotopic (exact) mass is 130 g/mol. The summed E-state index contributed by atoms with van der Waals surface area (Å²) in [6.45, 7) is 6.59. The van der Waals surface area contributed by atoms with Crippen LogP contribution in [0, 0.1) is 5.41 Å². The zero-order valence-electron chi connectivity index (χ0n) is 5.94. The second-order valence-corrected chi connectivity index (χ2v) is 3.48. The van der Waals surface area contributed by atoms with E-state index in [0.717, 1.165) is 6.16 Å². The molecule has 0 spiro atoms. The molecule has 8 heavy (non-hydrogen) atoms. The van der Waals surface area contributed by atoms with E-state index < -0.39 is 0 Å². The number of hydrogen-bond donors (Lipinski definition) is 0. The lowest BCUT2D eigenvalue weighted by Crippen LogP contribution is -1.97. The molecule has 48 valence electrons. The molecule has 0 saturated heterocycles. The van der Waals surface area contributed by atoms with Gasteiger partial charge in [-0.05, 0) is 11.6 Å². The van der Waals surface area contributed by atoms with E-state index in [9.17, 15) is 0 Å². The summed E-state index contributed by atoms with van der Waals surface area (Å²) in [6, 6.07) is 0. The van der Waals surface area contributed by atoms with Gasteiger partial charge in [-0.3, -0.25) is 0 Å². The van der Waals surface area contributed by atoms with Gasteiger partial charge in [-0.25, -0.2) is 0 Å². The van der Waals surface area contributed by atoms with E-state index in [0.29, 0.717) is 5.41 Å². The van der Waals surface area contributed by atoms with Crippen LogP contribution in [-0.4, -0.2) is 6.16 Å². The molecule has 0 radical (unpaired) electrons. The van der Waals surface area contributed by atoms with Crippen molar-refractivity contribution in [2.24, 2.45) is 5.41 Å². The Morgan fingerprint density at radius 2 is 1.88 bits per heavy atom. The summed E-state index contributed by atoms with van der Waals surface area (Å²) in [5.41, 5.74) is 0.358. The van der Waals surface area contributed by atoms with Crippen molar-refractivity contribution in [3.8, 4) is 0 Å². The van der Waals surface area contributed by atoms with Crippen LogP contribution in [-0.2, 0) is 0 Å². The maximum atomic E-state index is 2.67. The van der Waals surface area contributed by atoms with E-state index in [1.54, 1.807) is 0 Å². The van der Waals surface area contributed by atoms with Crippen molar-refractivity contribution in [2.45, 2.75) is 20.8 Å². The Morgan fingerprint density at radius 3 is 2.00 bits per heavy atom. The molecule has 0 aromatic carbocycles. The van der Waals surface area contributed by atoms with E-state index in [1.165, 1.54) is 0 Å². The van der Waals surface area contributed by atoms with Gasteiger partial charge in [0.05, 0.1) is 0 Å². The van der Waals surface area contributed by atoms with Crippen LogP contribution in [0.25, 0.3) is 0 Å². The van der Waals surface area contributed by atoms with Crippen molar-refractivity contribution in [1.82, 2.24) is 0 Å². The molecule has 1 atom stereocenters. The lowest BCUT2D eigenvalue weighted by molar-refractivity contribution is 0.543. The number of hydrogen-bond acceptors (Lipinski definition) is 0. The fraction of sp³-hybridized carbons (Fsp3) is 0.714. The molecule has 0 heterocycles. The summed E-state index contributed by atoms with van der Waals surface area (Å²) >= 11 is 0. The van der Waals surface area contributed by atoms with Crippen LogP contribution in [0.2, 0.25) is 0 Å². The first-order chi connectivity index (χ1) is 3.56. The van der Waals surface area contributed by atoms with Gasteiger partial charge in [-0.2, -0.15) is 0 Å². The van der Waals surface area contributed by atoms with Crippen molar-refractivity contribution in [3.63, 3.8) is 0 Å². The molecule has 0 aromatic heterocycles. The molecule has 0 aromatic rings. The van der Waals surface area contributed by atoms with Crippen molar-refractivity contribution >= 4 is 9.24 Å². The lowest BCUT2D eigenvalue weighted by Gasteiger charge is -2.10. The highest BCUT2D eigenvalue weighted by Gasteiger charge is 2.01. The van der Waals surface area contributed by atoms with Gasteiger partial charge in [-0.15, -0.1) is 9.24 Å². The molecule has 0 amide bonds. The van der Waals surface area contributed by atoms with Crippen LogP contribution < -0.4 is 0 Å². The Hall–Kier alpha value is 0.170. The molecule has 0 rings (SSSR count). The first-order valence-electron chi connectivity index (χ1n) is 2.94. The maximum Gasteiger partial charge on any atom is -0.0200 e. The average molecular weight is 130 g/mol. The summed E-state index contributed by atoms with van der Waals surface area (Å²) < 4.78 is 0. The van der Waals surface area contributed by atoms with Crippen molar-refractivity contribution in [3.05, 3.63) is 12.2 Å². The smallest absolute Gasteiger partial charge is 0.0200 e. The highest BCUT2D eigenvalue weighted by molar-refractivity contribution is 7.16. The third kappa shape index (κ3) is 6.17. The lowest BCUT2D eigenvalue weighted by atomic mass is 9.97. The largest absolute Gasteiger partial charge is 0.134 e. The molecule has 0 fully saturated rings. The zero-order valence-corrected chi connectivity index (χ0v) is 7.09. The average Bonchev–Trinajstić information content (AvgIpc) is 1.59. The van der Waals surface area contributed by atoms with Crippen molar-refractivity contribution in [1.29, 1.82) is 0 Å². The summed E-state index contributed by atoms with van der Waals surface area (Å²) in [4.78, 5) is 0. The highest BCUT2D eigenvalue weighted by Crippen LogP contribution is 2.14. The molecule has 0 saturated carbocycles. The molecule has 0 aliphatic carbocycles. The van der Waals surface area contributed by atoms with Crippen LogP contribution in [0.4, 0.5) is 0 Å². The first kappa shape index (κ1) is 8.17. The predicted molar refractivity (Wildman–Crippen MR) is 43.2 cm³/mol. The summed E-state index contributed by atoms with van der Waals surface area (Å²) in [6.07, 6.45) is 5.46. The fourth-order valence-electron chi connectivity index (χ4n) is 0.422. The number of rotatable bonds is 1. The minimum atomic E-state index is 0.358. The summed E-state index contributed by atoms with van der Waals surface area (Å²) in [5.74, 6) is 0. The van der Waals surface area contributed by atoms with Crippen molar-refractivity contribution < 1.29 is 0 Å². The maximum absolute atomic E-state index is 2.67. The second kappa shape index (κ2) is 3.25. The van der Waals surface area contributed by atoms with Gasteiger partial charge in [0.25, 0.3) is 0 Å². The first-order valence-corrected chi connectivity index (χ1v) is 3.76. The molecule has 0 aliphatic heterocycles. The Balaban J connectivity index is 3.52. The molecule has 1 heteroatoms. The van der Waals surface area contributed by atoms with E-state index in [4.69, 9.17) is 0 Å². The molecule has 0 N–H and O–H groups in total. The van der Waals surface area contributed by atoms with Gasteiger partial charge in [0.1, 0.15) is 0 Å². The highest BCUT2D eigenvalue weighted by atomic mass is 31.0. The quantitative estimate of drug-likeness (QED) is 0.378. The molecule has 0 bridgehead atoms. The van der Waals surface area contributed by atoms with Crippen LogP contribution >= 0.6 is 9.24 Å². The molecular formula is C7H15P. The Kier molecular flexibility index (Phi) is 3.31. The minimum Gasteiger partial charge on any atom is -0.134 e. The second-order valence-electron chi connectivity index (χ2n) is 3.00. The van der Waals surface area contributed by atoms with Gasteiger partial charge in [0.2, 0.25) is 0 Å². The van der Waals surface area contributed by atoms with Gasteiger partial charge in [0.15, 0.2) is 0 Å². The normalized spacial score (nSPS) is 13.0. The summed E-state index contributed by atoms with van der Waals surface area (Å²) in [7, 11) is 2.67. The van der Waals surface area contributed by atoms with Gasteiger partial charge < -0.3 is 0 Å². The van der Waals surface area contributed by atoms with E-state index in [-0.39, 0.29) is 0 Å².